The number of nitrogens with one attached hydrogen (secondary N) is 3. The molecule has 6 nitrogen and oxygen atoms in total. The number of carbonyl (C=O) groups excluding carboxylic acids is 1. The summed E-state index contributed by atoms with van der Waals surface area (Å²) >= 11 is 0. The average Bonchev–Trinajstić information content (AvgIpc) is 2.79. The van der Waals surface area contributed by atoms with Gasteiger partial charge in [0.1, 0.15) is 15.8 Å². The van der Waals surface area contributed by atoms with Gasteiger partial charge in [0.15, 0.2) is 0 Å². The van der Waals surface area contributed by atoms with Gasteiger partial charge < -0.3 is 16.4 Å². The lowest BCUT2D eigenvalue weighted by molar-refractivity contribution is -0.120. The lowest BCUT2D eigenvalue weighted by Gasteiger charge is -2.22. The van der Waals surface area contributed by atoms with Crippen LogP contribution in [0.15, 0.2) is 65.6 Å². The third-order valence-electron chi connectivity index (χ3n) is 5.41. The zero-order valence-electron chi connectivity index (χ0n) is 16.5. The van der Waals surface area contributed by atoms with Crippen LogP contribution >= 0.6 is 0 Å². The molecule has 3 aromatic rings. The Labute approximate surface area is 177 Å². The maximum Gasteiger partial charge on any atom is 0.228 e. The summed E-state index contributed by atoms with van der Waals surface area (Å²) in [6.07, 6.45) is 1.79. The van der Waals surface area contributed by atoms with Gasteiger partial charge in [-0.15, -0.1) is 0 Å². The summed E-state index contributed by atoms with van der Waals surface area (Å²) in [6, 6.07) is 18.3. The van der Waals surface area contributed by atoms with Crippen molar-refractivity contribution >= 4 is 43.9 Å². The Kier molecular flexibility index (Phi) is 5.92. The first-order chi connectivity index (χ1) is 14.6. The highest BCUT2D eigenvalue weighted by Gasteiger charge is 2.23. The van der Waals surface area contributed by atoms with E-state index in [9.17, 15) is 9.00 Å². The molecule has 1 heterocycles. The van der Waals surface area contributed by atoms with Crippen LogP contribution in [0.3, 0.4) is 0 Å². The normalized spacial score (nSPS) is 17.4. The minimum atomic E-state index is -1.71. The Morgan fingerprint density at radius 2 is 1.87 bits per heavy atom. The van der Waals surface area contributed by atoms with Crippen molar-refractivity contribution in [2.24, 2.45) is 5.92 Å². The number of anilines is 2. The average molecular weight is 421 g/mol. The molecule has 1 aliphatic heterocycles. The zero-order valence-corrected chi connectivity index (χ0v) is 17.3. The van der Waals surface area contributed by atoms with Crippen LogP contribution in [0.1, 0.15) is 18.4 Å². The fourth-order valence-corrected chi connectivity index (χ4v) is 4.94. The van der Waals surface area contributed by atoms with Gasteiger partial charge in [0.2, 0.25) is 5.91 Å². The first-order valence-corrected chi connectivity index (χ1v) is 11.1. The van der Waals surface area contributed by atoms with Crippen molar-refractivity contribution in [3.05, 3.63) is 66.2 Å². The third-order valence-corrected chi connectivity index (χ3v) is 6.76. The predicted molar refractivity (Wildman–Crippen MR) is 122 cm³/mol. The first kappa shape index (κ1) is 20.3. The van der Waals surface area contributed by atoms with E-state index in [1.807, 2.05) is 36.4 Å². The number of fused-ring (bicyclic) bond motifs is 1. The van der Waals surface area contributed by atoms with Crippen LogP contribution in [0.4, 0.5) is 11.4 Å². The van der Waals surface area contributed by atoms with Gasteiger partial charge in [-0.25, -0.2) is 4.21 Å². The Bertz CT molecular complexity index is 1130. The number of amides is 1. The summed E-state index contributed by atoms with van der Waals surface area (Å²) in [6.45, 7) is 1.57. The second kappa shape index (κ2) is 8.77. The fraction of sp³-hybridized carbons (Fsp3) is 0.217. The van der Waals surface area contributed by atoms with E-state index in [0.29, 0.717) is 22.7 Å². The number of nitrogen functional groups attached to an aromatic ring is 1. The number of benzene rings is 3. The Hall–Kier alpha value is -3.03. The van der Waals surface area contributed by atoms with Crippen molar-refractivity contribution < 1.29 is 9.00 Å². The van der Waals surface area contributed by atoms with Gasteiger partial charge in [-0.1, -0.05) is 42.5 Å². The standard InChI is InChI=1S/C23H24N4O2S/c24-21-18(10-4-11-19(21)27-23(28)16-8-5-13-26-14-16)22(25)30(29)20-12-3-7-15-6-1-2-9-17(15)20/h1-4,6-7,9-12,16,25-26H,5,8,13-14,24H2,(H,27,28). The molecule has 1 fully saturated rings. The van der Waals surface area contributed by atoms with E-state index in [-0.39, 0.29) is 22.6 Å². The van der Waals surface area contributed by atoms with Gasteiger partial charge in [0, 0.05) is 12.1 Å². The molecule has 2 atom stereocenters. The van der Waals surface area contributed by atoms with E-state index in [4.69, 9.17) is 11.1 Å². The van der Waals surface area contributed by atoms with Crippen molar-refractivity contribution in [2.45, 2.75) is 17.7 Å². The highest BCUT2D eigenvalue weighted by molar-refractivity contribution is 8.01. The molecule has 0 spiro atoms. The van der Waals surface area contributed by atoms with E-state index in [1.165, 1.54) is 0 Å². The molecule has 1 aliphatic rings. The van der Waals surface area contributed by atoms with Gasteiger partial charge in [0.05, 0.1) is 22.2 Å². The first-order valence-electron chi connectivity index (χ1n) is 9.95. The molecule has 30 heavy (non-hydrogen) atoms. The van der Waals surface area contributed by atoms with Gasteiger partial charge in [-0.05, 0) is 48.4 Å². The molecular formula is C23H24N4O2S. The molecule has 0 saturated carbocycles. The summed E-state index contributed by atoms with van der Waals surface area (Å²) in [7, 11) is -1.71. The van der Waals surface area contributed by atoms with E-state index >= 15 is 0 Å². The van der Waals surface area contributed by atoms with Gasteiger partial charge in [-0.3, -0.25) is 10.2 Å². The Morgan fingerprint density at radius 1 is 1.10 bits per heavy atom. The van der Waals surface area contributed by atoms with Gasteiger partial charge in [-0.2, -0.15) is 0 Å². The molecule has 1 amide bonds. The molecule has 0 aliphatic carbocycles. The van der Waals surface area contributed by atoms with Crippen molar-refractivity contribution in [1.82, 2.24) is 5.32 Å². The summed E-state index contributed by atoms with van der Waals surface area (Å²) in [5.74, 6) is -0.196. The quantitative estimate of drug-likeness (QED) is 0.294. The second-order valence-electron chi connectivity index (χ2n) is 7.37. The molecule has 3 aromatic carbocycles. The number of carbonyl (C=O) groups is 1. The lowest BCUT2D eigenvalue weighted by Crippen LogP contribution is -2.37. The van der Waals surface area contributed by atoms with Crippen LogP contribution < -0.4 is 16.4 Å². The van der Waals surface area contributed by atoms with Crippen molar-refractivity contribution in [3.63, 3.8) is 0 Å². The van der Waals surface area contributed by atoms with Crippen molar-refractivity contribution in [2.75, 3.05) is 24.1 Å². The largest absolute Gasteiger partial charge is 0.396 e. The molecule has 2 unspecified atom stereocenters. The summed E-state index contributed by atoms with van der Waals surface area (Å²) in [4.78, 5) is 13.2. The minimum Gasteiger partial charge on any atom is -0.396 e. The smallest absolute Gasteiger partial charge is 0.228 e. The minimum absolute atomic E-state index is 0.0840. The zero-order chi connectivity index (χ0) is 21.1. The SMILES string of the molecule is N=C(c1cccc(NC(=O)C2CCCNC2)c1N)S(=O)c1cccc2ccccc12. The lowest BCUT2D eigenvalue weighted by atomic mass is 9.98. The molecule has 1 saturated heterocycles. The number of rotatable bonds is 4. The van der Waals surface area contributed by atoms with Gasteiger partial charge >= 0.3 is 0 Å². The van der Waals surface area contributed by atoms with Crippen LogP contribution in [0, 0.1) is 11.3 Å². The molecule has 7 heteroatoms. The molecule has 0 aromatic heterocycles. The number of para-hydroxylation sites is 1. The predicted octanol–water partition coefficient (Wildman–Crippen LogP) is 3.49. The number of nitrogens with two attached hydrogens (primary N) is 1. The highest BCUT2D eigenvalue weighted by atomic mass is 32.2. The molecule has 5 N–H and O–H groups in total. The molecule has 154 valence electrons. The number of piperidine rings is 1. The topological polar surface area (TPSA) is 108 Å². The second-order valence-corrected chi connectivity index (χ2v) is 8.76. The van der Waals surface area contributed by atoms with Crippen LogP contribution in [0.5, 0.6) is 0 Å². The Balaban J connectivity index is 1.60. The molecule has 0 radical (unpaired) electrons. The molecule has 4 rings (SSSR count). The number of hydrogen-bond acceptors (Lipinski definition) is 5. The van der Waals surface area contributed by atoms with Crippen LogP contribution in [0.25, 0.3) is 10.8 Å². The van der Waals surface area contributed by atoms with Crippen molar-refractivity contribution in [1.29, 1.82) is 5.41 Å². The van der Waals surface area contributed by atoms with Crippen LogP contribution in [-0.4, -0.2) is 28.2 Å². The Morgan fingerprint density at radius 3 is 2.67 bits per heavy atom. The van der Waals surface area contributed by atoms with Crippen LogP contribution in [-0.2, 0) is 15.6 Å². The molecular weight excluding hydrogens is 396 g/mol. The summed E-state index contributed by atoms with van der Waals surface area (Å²) < 4.78 is 13.2. The fourth-order valence-electron chi connectivity index (χ4n) is 3.75. The van der Waals surface area contributed by atoms with Gasteiger partial charge in [0.25, 0.3) is 0 Å². The van der Waals surface area contributed by atoms with Crippen LogP contribution in [0.2, 0.25) is 0 Å². The monoisotopic (exact) mass is 420 g/mol. The third kappa shape index (κ3) is 3.99. The van der Waals surface area contributed by atoms with E-state index in [2.05, 4.69) is 10.6 Å². The van der Waals surface area contributed by atoms with Crippen molar-refractivity contribution in [3.8, 4) is 0 Å². The number of hydrogen-bond donors (Lipinski definition) is 4. The van der Waals surface area contributed by atoms with E-state index < -0.39 is 10.8 Å². The maximum atomic E-state index is 13.2. The molecule has 0 bridgehead atoms. The highest BCUT2D eigenvalue weighted by Crippen LogP contribution is 2.28. The summed E-state index contributed by atoms with van der Waals surface area (Å²) in [5.41, 5.74) is 7.35. The maximum absolute atomic E-state index is 13.2. The summed E-state index contributed by atoms with van der Waals surface area (Å²) in [5, 5.41) is 16.4. The van der Waals surface area contributed by atoms with E-state index in [0.717, 1.165) is 30.2 Å². The van der Waals surface area contributed by atoms with E-state index in [1.54, 1.807) is 24.3 Å².